The molecule has 0 spiro atoms. The molecule has 1 amide bonds. The highest BCUT2D eigenvalue weighted by molar-refractivity contribution is 6.32. The number of benzene rings is 2. The van der Waals surface area contributed by atoms with Gasteiger partial charge in [0.1, 0.15) is 16.9 Å². The van der Waals surface area contributed by atoms with Gasteiger partial charge in [0.15, 0.2) is 0 Å². The molecule has 2 aromatic heterocycles. The molecule has 4 rings (SSSR count). The number of carbonyl (C=O) groups excluding carboxylic acids is 1. The van der Waals surface area contributed by atoms with Crippen LogP contribution in [0.2, 0.25) is 5.02 Å². The quantitative estimate of drug-likeness (QED) is 0.495. The Kier molecular flexibility index (Phi) is 5.05. The highest BCUT2D eigenvalue weighted by atomic mass is 35.5. The lowest BCUT2D eigenvalue weighted by molar-refractivity contribution is -0.115. The normalized spacial score (nSPS) is 11.0. The largest absolute Gasteiger partial charge is 0.495 e. The Bertz CT molecular complexity index is 1420. The molecule has 0 saturated heterocycles. The number of ether oxygens (including phenoxy) is 1. The summed E-state index contributed by atoms with van der Waals surface area (Å²) in [7, 11) is 1.47. The van der Waals surface area contributed by atoms with Gasteiger partial charge in [-0.1, -0.05) is 11.6 Å². The fraction of sp³-hybridized carbons (Fsp3) is 0.136. The van der Waals surface area contributed by atoms with Gasteiger partial charge < -0.3 is 18.9 Å². The van der Waals surface area contributed by atoms with Gasteiger partial charge in [-0.2, -0.15) is 0 Å². The molecule has 0 radical (unpaired) electrons. The lowest BCUT2D eigenvalue weighted by Gasteiger charge is -2.11. The number of hydrogen-bond acceptors (Lipinski definition) is 6. The number of hydrogen-bond donors (Lipinski definition) is 1. The topological polar surface area (TPSA) is 98.8 Å². The standard InChI is InChI=1S/C22H16ClNO6/c1-11-14-8-16(23)19(28-2)10-18(14)30-22(27)15(11)9-20(25)24-13-4-5-17-12(7-13)3-6-21(26)29-17/h3-8,10H,9H2,1-2H3,(H,24,25). The van der Waals surface area contributed by atoms with Crippen LogP contribution in [0.3, 0.4) is 0 Å². The van der Waals surface area contributed by atoms with Crippen LogP contribution in [0.5, 0.6) is 5.75 Å². The lowest BCUT2D eigenvalue weighted by Crippen LogP contribution is -2.20. The van der Waals surface area contributed by atoms with Crippen molar-refractivity contribution in [3.63, 3.8) is 0 Å². The maximum absolute atomic E-state index is 12.6. The highest BCUT2D eigenvalue weighted by Gasteiger charge is 2.17. The van der Waals surface area contributed by atoms with Crippen molar-refractivity contribution < 1.29 is 18.4 Å². The fourth-order valence-corrected chi connectivity index (χ4v) is 3.51. The second kappa shape index (κ2) is 7.68. The van der Waals surface area contributed by atoms with Crippen molar-refractivity contribution in [1.29, 1.82) is 0 Å². The van der Waals surface area contributed by atoms with Crippen LogP contribution in [0.15, 0.2) is 60.9 Å². The number of methoxy groups -OCH3 is 1. The van der Waals surface area contributed by atoms with Gasteiger partial charge in [-0.05, 0) is 42.8 Å². The van der Waals surface area contributed by atoms with Crippen LogP contribution < -0.4 is 21.3 Å². The van der Waals surface area contributed by atoms with Crippen molar-refractivity contribution >= 4 is 45.1 Å². The van der Waals surface area contributed by atoms with Gasteiger partial charge in [0.05, 0.1) is 24.1 Å². The molecule has 0 unspecified atom stereocenters. The Morgan fingerprint density at radius 1 is 1.07 bits per heavy atom. The number of aryl methyl sites for hydroxylation is 1. The van der Waals surface area contributed by atoms with Gasteiger partial charge in [-0.15, -0.1) is 0 Å². The van der Waals surface area contributed by atoms with E-state index in [9.17, 15) is 14.4 Å². The van der Waals surface area contributed by atoms with Crippen molar-refractivity contribution in [2.24, 2.45) is 0 Å². The van der Waals surface area contributed by atoms with E-state index in [4.69, 9.17) is 25.2 Å². The first kappa shape index (κ1) is 19.7. The molecule has 152 valence electrons. The second-order valence-electron chi connectivity index (χ2n) is 6.71. The molecule has 0 aliphatic rings. The van der Waals surface area contributed by atoms with Gasteiger partial charge in [0, 0.05) is 28.6 Å². The molecular formula is C22H16ClNO6. The molecule has 0 bridgehead atoms. The molecule has 0 atom stereocenters. The molecule has 30 heavy (non-hydrogen) atoms. The zero-order chi connectivity index (χ0) is 21.4. The van der Waals surface area contributed by atoms with E-state index in [0.29, 0.717) is 44.0 Å². The third kappa shape index (κ3) is 3.67. The van der Waals surface area contributed by atoms with Crippen molar-refractivity contribution in [2.45, 2.75) is 13.3 Å². The number of anilines is 1. The number of fused-ring (bicyclic) bond motifs is 2. The lowest BCUT2D eigenvalue weighted by atomic mass is 10.0. The molecule has 7 nitrogen and oxygen atoms in total. The second-order valence-corrected chi connectivity index (χ2v) is 7.12. The Hall–Kier alpha value is -3.58. The summed E-state index contributed by atoms with van der Waals surface area (Å²) in [6.45, 7) is 1.74. The summed E-state index contributed by atoms with van der Waals surface area (Å²) in [4.78, 5) is 36.3. The van der Waals surface area contributed by atoms with E-state index >= 15 is 0 Å². The smallest absolute Gasteiger partial charge is 0.340 e. The van der Waals surface area contributed by atoms with Gasteiger partial charge in [-0.25, -0.2) is 9.59 Å². The Morgan fingerprint density at radius 3 is 2.63 bits per heavy atom. The summed E-state index contributed by atoms with van der Waals surface area (Å²) in [5, 5.41) is 4.41. The molecule has 1 N–H and O–H groups in total. The van der Waals surface area contributed by atoms with Crippen molar-refractivity contribution in [3.05, 3.63) is 79.5 Å². The summed E-state index contributed by atoms with van der Waals surface area (Å²) in [5.74, 6) is 0.00504. The number of nitrogens with one attached hydrogen (secondary N) is 1. The molecule has 4 aromatic rings. The molecule has 0 fully saturated rings. The van der Waals surface area contributed by atoms with Crippen LogP contribution in [0.4, 0.5) is 5.69 Å². The number of amides is 1. The zero-order valence-corrected chi connectivity index (χ0v) is 16.8. The fourth-order valence-electron chi connectivity index (χ4n) is 3.27. The SMILES string of the molecule is COc1cc2oc(=O)c(CC(=O)Nc3ccc4oc(=O)ccc4c3)c(C)c2cc1Cl. The minimum absolute atomic E-state index is 0.171. The third-order valence-electron chi connectivity index (χ3n) is 4.80. The zero-order valence-electron chi connectivity index (χ0n) is 16.1. The molecular weight excluding hydrogens is 410 g/mol. The van der Waals surface area contributed by atoms with Crippen molar-refractivity contribution in [3.8, 4) is 5.75 Å². The van der Waals surface area contributed by atoms with E-state index in [1.54, 1.807) is 43.3 Å². The van der Waals surface area contributed by atoms with Crippen molar-refractivity contribution in [1.82, 2.24) is 0 Å². The summed E-state index contributed by atoms with van der Waals surface area (Å²) >= 11 is 6.19. The predicted molar refractivity (Wildman–Crippen MR) is 114 cm³/mol. The summed E-state index contributed by atoms with van der Waals surface area (Å²) in [5.41, 5.74) is 1.07. The molecule has 0 saturated carbocycles. The minimum atomic E-state index is -0.597. The molecule has 0 aliphatic carbocycles. The molecule has 8 heteroatoms. The van der Waals surface area contributed by atoms with E-state index in [0.717, 1.165) is 0 Å². The van der Waals surface area contributed by atoms with E-state index < -0.39 is 11.3 Å². The summed E-state index contributed by atoms with van der Waals surface area (Å²) < 4.78 is 15.6. The van der Waals surface area contributed by atoms with E-state index in [2.05, 4.69) is 5.32 Å². The first-order chi connectivity index (χ1) is 14.4. The van der Waals surface area contributed by atoms with Gasteiger partial charge in [-0.3, -0.25) is 4.79 Å². The first-order valence-corrected chi connectivity index (χ1v) is 9.37. The number of halogens is 1. The maximum atomic E-state index is 12.6. The number of carbonyl (C=O) groups is 1. The minimum Gasteiger partial charge on any atom is -0.495 e. The van der Waals surface area contributed by atoms with Crippen molar-refractivity contribution in [2.75, 3.05) is 12.4 Å². The average molecular weight is 426 g/mol. The summed E-state index contributed by atoms with van der Waals surface area (Å²) in [6, 6.07) is 11.0. The Balaban J connectivity index is 1.63. The number of rotatable bonds is 4. The van der Waals surface area contributed by atoms with Crippen LogP contribution >= 0.6 is 11.6 Å². The van der Waals surface area contributed by atoms with E-state index in [-0.39, 0.29) is 17.9 Å². The Labute approximate surface area is 174 Å². The molecule has 0 aliphatic heterocycles. The van der Waals surface area contributed by atoms with Gasteiger partial charge in [0.2, 0.25) is 5.91 Å². The average Bonchev–Trinajstić information content (AvgIpc) is 2.71. The van der Waals surface area contributed by atoms with Crippen LogP contribution in [0.25, 0.3) is 21.9 Å². The molecule has 2 aromatic carbocycles. The van der Waals surface area contributed by atoms with Crippen LogP contribution in [-0.2, 0) is 11.2 Å². The molecule has 2 heterocycles. The van der Waals surface area contributed by atoms with Crippen LogP contribution in [0.1, 0.15) is 11.1 Å². The monoisotopic (exact) mass is 425 g/mol. The highest BCUT2D eigenvalue weighted by Crippen LogP contribution is 2.31. The Morgan fingerprint density at radius 2 is 1.87 bits per heavy atom. The van der Waals surface area contributed by atoms with Gasteiger partial charge >= 0.3 is 11.3 Å². The summed E-state index contributed by atoms with van der Waals surface area (Å²) in [6.07, 6.45) is -0.171. The first-order valence-electron chi connectivity index (χ1n) is 8.99. The van der Waals surface area contributed by atoms with E-state index in [1.165, 1.54) is 13.2 Å². The van der Waals surface area contributed by atoms with Gasteiger partial charge in [0.25, 0.3) is 0 Å². The van der Waals surface area contributed by atoms with Crippen LogP contribution in [-0.4, -0.2) is 13.0 Å². The van der Waals surface area contributed by atoms with E-state index in [1.807, 2.05) is 0 Å². The maximum Gasteiger partial charge on any atom is 0.340 e. The third-order valence-corrected chi connectivity index (χ3v) is 5.10. The predicted octanol–water partition coefficient (Wildman–Crippen LogP) is 4.05. The van der Waals surface area contributed by atoms with Crippen LogP contribution in [0, 0.1) is 6.92 Å².